The maximum Gasteiger partial charge on any atom is 0.219 e. The van der Waals surface area contributed by atoms with Crippen molar-refractivity contribution in [2.45, 2.75) is 26.0 Å². The van der Waals surface area contributed by atoms with E-state index in [0.29, 0.717) is 24.1 Å². The van der Waals surface area contributed by atoms with Crippen LogP contribution in [0.25, 0.3) is 0 Å². The van der Waals surface area contributed by atoms with E-state index in [1.165, 1.54) is 0 Å². The zero-order chi connectivity index (χ0) is 13.5. The SMILES string of the molecule is CNc1cc(NC(C)CC(N)=O)nc(COC)n1. The lowest BCUT2D eigenvalue weighted by molar-refractivity contribution is -0.118. The molecule has 7 heteroatoms. The third-order valence-corrected chi connectivity index (χ3v) is 2.20. The Balaban J connectivity index is 2.80. The van der Waals surface area contributed by atoms with E-state index in [4.69, 9.17) is 10.5 Å². The molecule has 4 N–H and O–H groups in total. The quantitative estimate of drug-likeness (QED) is 0.647. The van der Waals surface area contributed by atoms with E-state index >= 15 is 0 Å². The lowest BCUT2D eigenvalue weighted by Crippen LogP contribution is -2.24. The van der Waals surface area contributed by atoms with Gasteiger partial charge in [-0.15, -0.1) is 0 Å². The Morgan fingerprint density at radius 3 is 2.72 bits per heavy atom. The molecule has 100 valence electrons. The zero-order valence-electron chi connectivity index (χ0n) is 10.9. The molecular weight excluding hydrogens is 234 g/mol. The molecule has 0 aliphatic rings. The topological polar surface area (TPSA) is 102 Å². The molecule has 0 radical (unpaired) electrons. The van der Waals surface area contributed by atoms with Gasteiger partial charge in [0.1, 0.15) is 18.2 Å². The Morgan fingerprint density at radius 2 is 2.17 bits per heavy atom. The Kier molecular flexibility index (Phi) is 5.31. The number of carbonyl (C=O) groups excluding carboxylic acids is 1. The van der Waals surface area contributed by atoms with Gasteiger partial charge in [-0.3, -0.25) is 4.79 Å². The number of methoxy groups -OCH3 is 1. The molecule has 0 fully saturated rings. The zero-order valence-corrected chi connectivity index (χ0v) is 10.9. The summed E-state index contributed by atoms with van der Waals surface area (Å²) < 4.78 is 5.00. The van der Waals surface area contributed by atoms with Gasteiger partial charge in [0, 0.05) is 32.7 Å². The molecule has 0 bridgehead atoms. The average Bonchev–Trinajstić information content (AvgIpc) is 2.27. The molecule has 1 rings (SSSR count). The van der Waals surface area contributed by atoms with Crippen LogP contribution in [0.1, 0.15) is 19.2 Å². The van der Waals surface area contributed by atoms with Crippen molar-refractivity contribution in [2.24, 2.45) is 5.73 Å². The summed E-state index contributed by atoms with van der Waals surface area (Å²) >= 11 is 0. The molecule has 1 heterocycles. The first-order valence-corrected chi connectivity index (χ1v) is 5.64. The first-order valence-electron chi connectivity index (χ1n) is 5.64. The molecule has 0 saturated heterocycles. The first kappa shape index (κ1) is 14.2. The van der Waals surface area contributed by atoms with Crippen molar-refractivity contribution in [3.8, 4) is 0 Å². The molecule has 0 saturated carbocycles. The highest BCUT2D eigenvalue weighted by atomic mass is 16.5. The number of ether oxygens (including phenoxy) is 1. The molecule has 0 aliphatic heterocycles. The van der Waals surface area contributed by atoms with Crippen LogP contribution >= 0.6 is 0 Å². The maximum absolute atomic E-state index is 10.8. The summed E-state index contributed by atoms with van der Waals surface area (Å²) in [5.41, 5.74) is 5.14. The lowest BCUT2D eigenvalue weighted by Gasteiger charge is -2.14. The number of nitrogens with zero attached hydrogens (tertiary/aromatic N) is 2. The van der Waals surface area contributed by atoms with Gasteiger partial charge in [-0.1, -0.05) is 0 Å². The van der Waals surface area contributed by atoms with Gasteiger partial charge in [0.2, 0.25) is 5.91 Å². The van der Waals surface area contributed by atoms with Crippen molar-refractivity contribution in [3.05, 3.63) is 11.9 Å². The highest BCUT2D eigenvalue weighted by Crippen LogP contribution is 2.13. The van der Waals surface area contributed by atoms with E-state index in [-0.39, 0.29) is 18.4 Å². The van der Waals surface area contributed by atoms with Crippen LogP contribution in [-0.4, -0.2) is 36.1 Å². The van der Waals surface area contributed by atoms with E-state index in [1.807, 2.05) is 6.92 Å². The van der Waals surface area contributed by atoms with Crippen molar-refractivity contribution in [3.63, 3.8) is 0 Å². The van der Waals surface area contributed by atoms with Gasteiger partial charge in [0.05, 0.1) is 0 Å². The summed E-state index contributed by atoms with van der Waals surface area (Å²) in [5.74, 6) is 1.54. The van der Waals surface area contributed by atoms with Crippen molar-refractivity contribution in [1.29, 1.82) is 0 Å². The first-order chi connectivity index (χ1) is 8.55. The number of nitrogens with two attached hydrogens (primary N) is 1. The van der Waals surface area contributed by atoms with E-state index < -0.39 is 0 Å². The van der Waals surface area contributed by atoms with Crippen molar-refractivity contribution < 1.29 is 9.53 Å². The molecule has 1 amide bonds. The van der Waals surface area contributed by atoms with E-state index in [9.17, 15) is 4.79 Å². The number of amides is 1. The minimum absolute atomic E-state index is 0.0856. The van der Waals surface area contributed by atoms with Crippen LogP contribution in [0.2, 0.25) is 0 Å². The predicted octanol–water partition coefficient (Wildman–Crippen LogP) is 0.340. The third-order valence-electron chi connectivity index (χ3n) is 2.20. The van der Waals surface area contributed by atoms with Gasteiger partial charge in [-0.05, 0) is 6.92 Å². The number of hydrogen-bond acceptors (Lipinski definition) is 6. The lowest BCUT2D eigenvalue weighted by atomic mass is 10.2. The van der Waals surface area contributed by atoms with E-state index in [0.717, 1.165) is 0 Å². The minimum Gasteiger partial charge on any atom is -0.377 e. The van der Waals surface area contributed by atoms with Gasteiger partial charge in [-0.2, -0.15) is 0 Å². The van der Waals surface area contributed by atoms with Crippen LogP contribution in [0.4, 0.5) is 11.6 Å². The number of carbonyl (C=O) groups is 1. The predicted molar refractivity (Wildman–Crippen MR) is 69.2 cm³/mol. The summed E-state index contributed by atoms with van der Waals surface area (Å²) in [5, 5.41) is 6.04. The fraction of sp³-hybridized carbons (Fsp3) is 0.545. The molecule has 18 heavy (non-hydrogen) atoms. The third kappa shape index (κ3) is 4.54. The molecule has 1 aromatic rings. The monoisotopic (exact) mass is 253 g/mol. The summed E-state index contributed by atoms with van der Waals surface area (Å²) in [6.45, 7) is 2.19. The second-order valence-electron chi connectivity index (χ2n) is 3.95. The smallest absolute Gasteiger partial charge is 0.219 e. The molecular formula is C11H19N5O2. The van der Waals surface area contributed by atoms with Crippen LogP contribution in [0.3, 0.4) is 0 Å². The fourth-order valence-electron chi connectivity index (χ4n) is 1.50. The van der Waals surface area contributed by atoms with E-state index in [2.05, 4.69) is 20.6 Å². The Labute approximate surface area is 106 Å². The summed E-state index contributed by atoms with van der Waals surface area (Å²) in [6, 6.07) is 1.67. The highest BCUT2D eigenvalue weighted by Gasteiger charge is 2.09. The highest BCUT2D eigenvalue weighted by molar-refractivity contribution is 5.74. The second kappa shape index (κ2) is 6.75. The van der Waals surface area contributed by atoms with Crippen LogP contribution in [-0.2, 0) is 16.1 Å². The Bertz CT molecular complexity index is 410. The molecule has 1 aromatic heterocycles. The van der Waals surface area contributed by atoms with Gasteiger partial charge in [0.15, 0.2) is 5.82 Å². The molecule has 1 unspecified atom stereocenters. The van der Waals surface area contributed by atoms with Crippen LogP contribution < -0.4 is 16.4 Å². The maximum atomic E-state index is 10.8. The normalized spacial score (nSPS) is 11.9. The van der Waals surface area contributed by atoms with Crippen LogP contribution in [0.15, 0.2) is 6.07 Å². The van der Waals surface area contributed by atoms with Crippen molar-refractivity contribution in [2.75, 3.05) is 24.8 Å². The van der Waals surface area contributed by atoms with Crippen LogP contribution in [0.5, 0.6) is 0 Å². The number of primary amides is 1. The number of aromatic nitrogens is 2. The van der Waals surface area contributed by atoms with Gasteiger partial charge in [0.25, 0.3) is 0 Å². The Morgan fingerprint density at radius 1 is 1.50 bits per heavy atom. The number of nitrogens with one attached hydrogen (secondary N) is 2. The van der Waals surface area contributed by atoms with Gasteiger partial charge < -0.3 is 21.1 Å². The fourth-order valence-corrected chi connectivity index (χ4v) is 1.50. The average molecular weight is 253 g/mol. The molecule has 0 aromatic carbocycles. The van der Waals surface area contributed by atoms with Gasteiger partial charge in [-0.25, -0.2) is 9.97 Å². The van der Waals surface area contributed by atoms with Crippen molar-refractivity contribution in [1.82, 2.24) is 9.97 Å². The van der Waals surface area contributed by atoms with Crippen LogP contribution in [0, 0.1) is 0 Å². The molecule has 1 atom stereocenters. The molecule has 0 spiro atoms. The Hall–Kier alpha value is -1.89. The largest absolute Gasteiger partial charge is 0.377 e. The number of hydrogen-bond donors (Lipinski definition) is 3. The minimum atomic E-state index is -0.352. The summed E-state index contributed by atoms with van der Waals surface area (Å²) in [4.78, 5) is 19.3. The molecule has 7 nitrogen and oxygen atoms in total. The summed E-state index contributed by atoms with van der Waals surface area (Å²) in [7, 11) is 3.35. The van der Waals surface area contributed by atoms with Crippen molar-refractivity contribution >= 4 is 17.5 Å². The standard InChI is InChI=1S/C11H19N5O2/c1-7(4-8(12)17)14-10-5-9(13-2)15-11(16-10)6-18-3/h5,7H,4,6H2,1-3H3,(H2,12,17)(H2,13,14,15,16). The number of anilines is 2. The van der Waals surface area contributed by atoms with Gasteiger partial charge >= 0.3 is 0 Å². The molecule has 0 aliphatic carbocycles. The summed E-state index contributed by atoms with van der Waals surface area (Å²) in [6.07, 6.45) is 0.249. The second-order valence-corrected chi connectivity index (χ2v) is 3.95. The van der Waals surface area contributed by atoms with E-state index in [1.54, 1.807) is 20.2 Å². The number of rotatable bonds is 7.